The second-order valence-electron chi connectivity index (χ2n) is 5.78. The Labute approximate surface area is 158 Å². The third kappa shape index (κ3) is 4.21. The Bertz CT molecular complexity index is 1170. The largest absolute Gasteiger partial charge is 0.417 e. The minimum absolute atomic E-state index is 0.0333. The number of aromatic nitrogens is 3. The van der Waals surface area contributed by atoms with E-state index in [4.69, 9.17) is 5.14 Å². The van der Waals surface area contributed by atoms with Gasteiger partial charge in [-0.15, -0.1) is 0 Å². The molecule has 0 spiro atoms. The highest BCUT2D eigenvalue weighted by Crippen LogP contribution is 2.30. The van der Waals surface area contributed by atoms with Crippen LogP contribution >= 0.6 is 0 Å². The molecule has 0 saturated heterocycles. The number of primary sulfonamides is 1. The third-order valence-electron chi connectivity index (χ3n) is 3.80. The fourth-order valence-corrected chi connectivity index (χ4v) is 2.92. The molecule has 3 aromatic rings. The molecule has 10 heteroatoms. The number of benzene rings is 1. The van der Waals surface area contributed by atoms with Gasteiger partial charge in [0.25, 0.3) is 0 Å². The van der Waals surface area contributed by atoms with Crippen LogP contribution in [0.4, 0.5) is 13.2 Å². The molecule has 0 aliphatic heterocycles. The molecule has 0 atom stereocenters. The normalized spacial score (nSPS) is 11.8. The van der Waals surface area contributed by atoms with Gasteiger partial charge in [-0.25, -0.2) is 13.6 Å². The Morgan fingerprint density at radius 1 is 1.04 bits per heavy atom. The van der Waals surface area contributed by atoms with E-state index in [1.54, 1.807) is 7.05 Å². The predicted molar refractivity (Wildman–Crippen MR) is 95.2 cm³/mol. The summed E-state index contributed by atoms with van der Waals surface area (Å²) < 4.78 is 62.1. The molecule has 0 saturated carbocycles. The number of hydrogen-bond acceptors (Lipinski definition) is 4. The Hall–Kier alpha value is -3.16. The average Bonchev–Trinajstić information content (AvgIpc) is 2.99. The lowest BCUT2D eigenvalue weighted by Crippen LogP contribution is -2.11. The summed E-state index contributed by atoms with van der Waals surface area (Å²) in [6.45, 7) is 0. The monoisotopic (exact) mass is 406 g/mol. The molecule has 0 radical (unpaired) electrons. The molecule has 6 nitrogen and oxygen atoms in total. The Balaban J connectivity index is 1.94. The molecular formula is C18H13F3N4O2S. The summed E-state index contributed by atoms with van der Waals surface area (Å²) in [7, 11) is -2.16. The molecule has 3 rings (SSSR count). The SMILES string of the molecule is Cn1ncc(C#Cc2ccc(S(N)(=O)=O)cc2)c1-c1ccc(C(F)(F)F)cn1. The van der Waals surface area contributed by atoms with Crippen LogP contribution in [-0.2, 0) is 23.2 Å². The van der Waals surface area contributed by atoms with Crippen molar-refractivity contribution in [1.82, 2.24) is 14.8 Å². The maximum Gasteiger partial charge on any atom is 0.417 e. The predicted octanol–water partition coefficient (Wildman–Crippen LogP) is 2.55. The zero-order chi connectivity index (χ0) is 20.5. The van der Waals surface area contributed by atoms with Gasteiger partial charge < -0.3 is 0 Å². The highest BCUT2D eigenvalue weighted by atomic mass is 32.2. The Kier molecular flexibility index (Phi) is 4.97. The number of aryl methyl sites for hydroxylation is 1. The van der Waals surface area contributed by atoms with Gasteiger partial charge in [-0.3, -0.25) is 9.67 Å². The quantitative estimate of drug-likeness (QED) is 0.662. The molecule has 0 amide bonds. The number of halogens is 3. The number of alkyl halides is 3. The van der Waals surface area contributed by atoms with E-state index >= 15 is 0 Å². The first-order chi connectivity index (χ1) is 13.1. The average molecular weight is 406 g/mol. The molecule has 28 heavy (non-hydrogen) atoms. The smallest absolute Gasteiger partial charge is 0.265 e. The van der Waals surface area contributed by atoms with Crippen molar-refractivity contribution in [2.24, 2.45) is 12.2 Å². The first-order valence-electron chi connectivity index (χ1n) is 7.76. The molecular weight excluding hydrogens is 393 g/mol. The lowest BCUT2D eigenvalue weighted by molar-refractivity contribution is -0.137. The highest BCUT2D eigenvalue weighted by molar-refractivity contribution is 7.89. The van der Waals surface area contributed by atoms with Gasteiger partial charge >= 0.3 is 6.18 Å². The van der Waals surface area contributed by atoms with E-state index in [9.17, 15) is 21.6 Å². The zero-order valence-electron chi connectivity index (χ0n) is 14.4. The number of nitrogens with zero attached hydrogens (tertiary/aromatic N) is 3. The second-order valence-corrected chi connectivity index (χ2v) is 7.34. The van der Waals surface area contributed by atoms with E-state index in [-0.39, 0.29) is 4.90 Å². The van der Waals surface area contributed by atoms with Crippen LogP contribution in [0.3, 0.4) is 0 Å². The van der Waals surface area contributed by atoms with Crippen LogP contribution in [0, 0.1) is 11.8 Å². The van der Waals surface area contributed by atoms with Crippen molar-refractivity contribution in [1.29, 1.82) is 0 Å². The standard InChI is InChI=1S/C18H13F3N4O2S/c1-25-17(16-9-6-14(11-23-16)18(19,20)21)13(10-24-25)5-2-12-3-7-15(8-4-12)28(22,26)27/h3-4,6-11H,1H3,(H2,22,26,27). The van der Waals surface area contributed by atoms with E-state index in [0.717, 1.165) is 12.3 Å². The lowest BCUT2D eigenvalue weighted by atomic mass is 10.1. The fraction of sp³-hybridized carbons (Fsp3) is 0.111. The molecule has 0 aliphatic carbocycles. The van der Waals surface area contributed by atoms with Crippen molar-refractivity contribution in [3.63, 3.8) is 0 Å². The summed E-state index contributed by atoms with van der Waals surface area (Å²) in [5.74, 6) is 5.73. The minimum Gasteiger partial charge on any atom is -0.265 e. The summed E-state index contributed by atoms with van der Waals surface area (Å²) in [6.07, 6.45) is -2.24. The van der Waals surface area contributed by atoms with Crippen molar-refractivity contribution in [3.8, 4) is 23.2 Å². The van der Waals surface area contributed by atoms with Crippen molar-refractivity contribution < 1.29 is 21.6 Å². The van der Waals surface area contributed by atoms with Gasteiger partial charge in [0.1, 0.15) is 5.69 Å². The fourth-order valence-electron chi connectivity index (χ4n) is 2.40. The van der Waals surface area contributed by atoms with Crippen molar-refractivity contribution in [2.45, 2.75) is 11.1 Å². The first kappa shape index (κ1) is 19.6. The summed E-state index contributed by atoms with van der Waals surface area (Å²) in [4.78, 5) is 3.84. The van der Waals surface area contributed by atoms with Crippen LogP contribution in [0.5, 0.6) is 0 Å². The summed E-state index contributed by atoms with van der Waals surface area (Å²) in [5, 5.41) is 9.12. The van der Waals surface area contributed by atoms with Gasteiger partial charge in [0.2, 0.25) is 10.0 Å². The van der Waals surface area contributed by atoms with Gasteiger partial charge in [0.15, 0.2) is 0 Å². The topological polar surface area (TPSA) is 90.9 Å². The third-order valence-corrected chi connectivity index (χ3v) is 4.73. The van der Waals surface area contributed by atoms with Gasteiger partial charge in [-0.2, -0.15) is 18.3 Å². The molecule has 2 heterocycles. The van der Waals surface area contributed by atoms with Gasteiger partial charge in [-0.1, -0.05) is 11.8 Å². The molecule has 2 aromatic heterocycles. The molecule has 1 aromatic carbocycles. The molecule has 0 unspecified atom stereocenters. The van der Waals surface area contributed by atoms with Crippen molar-refractivity contribution in [2.75, 3.05) is 0 Å². The number of rotatable bonds is 2. The van der Waals surface area contributed by atoms with Crippen LogP contribution in [0.25, 0.3) is 11.4 Å². The van der Waals surface area contributed by atoms with Crippen LogP contribution in [0.2, 0.25) is 0 Å². The maximum absolute atomic E-state index is 12.7. The summed E-state index contributed by atoms with van der Waals surface area (Å²) in [5.41, 5.74) is 0.901. The van der Waals surface area contributed by atoms with Crippen LogP contribution < -0.4 is 5.14 Å². The van der Waals surface area contributed by atoms with Crippen molar-refractivity contribution >= 4 is 10.0 Å². The Morgan fingerprint density at radius 3 is 2.25 bits per heavy atom. The number of hydrogen-bond donors (Lipinski definition) is 1. The molecule has 0 fully saturated rings. The van der Waals surface area contributed by atoms with E-state index in [0.29, 0.717) is 22.5 Å². The first-order valence-corrected chi connectivity index (χ1v) is 9.31. The van der Waals surface area contributed by atoms with Crippen LogP contribution in [-0.4, -0.2) is 23.2 Å². The lowest BCUT2D eigenvalue weighted by Gasteiger charge is -2.07. The minimum atomic E-state index is -4.47. The second kappa shape index (κ2) is 7.10. The zero-order valence-corrected chi connectivity index (χ0v) is 15.2. The van der Waals surface area contributed by atoms with Gasteiger partial charge in [0, 0.05) is 18.8 Å². The van der Waals surface area contributed by atoms with E-state index in [1.807, 2.05) is 0 Å². The highest BCUT2D eigenvalue weighted by Gasteiger charge is 2.30. The molecule has 2 N–H and O–H groups in total. The number of sulfonamides is 1. The van der Waals surface area contributed by atoms with Crippen LogP contribution in [0.1, 0.15) is 16.7 Å². The molecule has 144 valence electrons. The van der Waals surface area contributed by atoms with Gasteiger partial charge in [-0.05, 0) is 36.4 Å². The maximum atomic E-state index is 12.7. The van der Waals surface area contributed by atoms with E-state index in [1.165, 1.54) is 41.2 Å². The van der Waals surface area contributed by atoms with E-state index in [2.05, 4.69) is 21.9 Å². The number of pyridine rings is 1. The number of nitrogens with two attached hydrogens (primary N) is 1. The summed E-state index contributed by atoms with van der Waals surface area (Å²) >= 11 is 0. The Morgan fingerprint density at radius 2 is 1.71 bits per heavy atom. The molecule has 0 bridgehead atoms. The molecule has 0 aliphatic rings. The van der Waals surface area contributed by atoms with E-state index < -0.39 is 21.8 Å². The van der Waals surface area contributed by atoms with Crippen molar-refractivity contribution in [3.05, 3.63) is 65.5 Å². The van der Waals surface area contributed by atoms with Gasteiger partial charge in [0.05, 0.1) is 27.9 Å². The van der Waals surface area contributed by atoms with Crippen LogP contribution in [0.15, 0.2) is 53.7 Å². The summed E-state index contributed by atoms with van der Waals surface area (Å²) in [6, 6.07) is 7.87.